The van der Waals surface area contributed by atoms with Crippen molar-refractivity contribution in [3.05, 3.63) is 105 Å². The number of hydrogen-bond acceptors (Lipinski definition) is 8. The summed E-state index contributed by atoms with van der Waals surface area (Å²) >= 11 is 5.98. The van der Waals surface area contributed by atoms with Gasteiger partial charge in [-0.05, 0) is 60.0 Å². The maximum atomic E-state index is 14.8. The topological polar surface area (TPSA) is 142 Å². The van der Waals surface area contributed by atoms with Gasteiger partial charge in [0.05, 0.1) is 22.8 Å². The van der Waals surface area contributed by atoms with Gasteiger partial charge in [-0.1, -0.05) is 48.8 Å². The molecule has 0 aliphatic carbocycles. The fourth-order valence-corrected chi connectivity index (χ4v) is 6.94. The Labute approximate surface area is 286 Å². The molecule has 14 heteroatoms. The summed E-state index contributed by atoms with van der Waals surface area (Å²) in [7, 11) is 0. The molecule has 2 amide bonds. The van der Waals surface area contributed by atoms with E-state index in [1.807, 2.05) is 18.2 Å². The highest BCUT2D eigenvalue weighted by atomic mass is 35.5. The van der Waals surface area contributed by atoms with E-state index in [1.54, 1.807) is 6.07 Å². The first kappa shape index (κ1) is 32.3. The second-order valence-electron chi connectivity index (χ2n) is 12.5. The molecule has 1 aromatic heterocycles. The molecule has 2 N–H and O–H groups in total. The average molecular weight is 686 g/mol. The zero-order chi connectivity index (χ0) is 34.4. The Morgan fingerprint density at radius 3 is 2.55 bits per heavy atom. The van der Waals surface area contributed by atoms with Crippen LogP contribution in [0.25, 0.3) is 0 Å². The van der Waals surface area contributed by atoms with Crippen LogP contribution in [0.3, 0.4) is 0 Å². The number of carboxylic acids is 1. The molecule has 252 valence electrons. The number of fused-ring (bicyclic) bond motifs is 2. The lowest BCUT2D eigenvalue weighted by atomic mass is 9.89. The van der Waals surface area contributed by atoms with Gasteiger partial charge in [-0.2, -0.15) is 0 Å². The number of aromatic nitrogens is 3. The molecule has 3 aromatic carbocycles. The molecule has 2 atom stereocenters. The third-order valence-corrected chi connectivity index (χ3v) is 9.46. The molecule has 0 radical (unpaired) electrons. The predicted molar refractivity (Wildman–Crippen MR) is 179 cm³/mol. The molecule has 0 saturated heterocycles. The monoisotopic (exact) mass is 685 g/mol. The van der Waals surface area contributed by atoms with E-state index in [0.717, 1.165) is 29.4 Å². The van der Waals surface area contributed by atoms with Crippen molar-refractivity contribution < 1.29 is 28.7 Å². The summed E-state index contributed by atoms with van der Waals surface area (Å²) in [6, 6.07) is 15.0. The third kappa shape index (κ3) is 5.99. The number of carbonyl (C=O) groups is 3. The van der Waals surface area contributed by atoms with Gasteiger partial charge in [0.1, 0.15) is 11.9 Å². The number of benzene rings is 3. The molecule has 49 heavy (non-hydrogen) atoms. The zero-order valence-electron chi connectivity index (χ0n) is 26.8. The lowest BCUT2D eigenvalue weighted by molar-refractivity contribution is -0.148. The van der Waals surface area contributed by atoms with E-state index in [2.05, 4.69) is 44.0 Å². The summed E-state index contributed by atoms with van der Waals surface area (Å²) in [5.41, 5.74) is 3.39. The van der Waals surface area contributed by atoms with Crippen LogP contribution in [0.2, 0.25) is 5.02 Å². The van der Waals surface area contributed by atoms with Crippen molar-refractivity contribution in [2.24, 2.45) is 5.16 Å². The smallest absolute Gasteiger partial charge is 0.335 e. The highest BCUT2D eigenvalue weighted by molar-refractivity contribution is 6.31. The van der Waals surface area contributed by atoms with E-state index in [9.17, 15) is 23.9 Å². The predicted octanol–water partition coefficient (Wildman–Crippen LogP) is 5.17. The number of hydrogen-bond donors (Lipinski definition) is 2. The normalized spacial score (nSPS) is 18.4. The molecule has 0 unspecified atom stereocenters. The lowest BCUT2D eigenvalue weighted by Gasteiger charge is -2.40. The van der Waals surface area contributed by atoms with Gasteiger partial charge < -0.3 is 29.6 Å². The summed E-state index contributed by atoms with van der Waals surface area (Å²) in [5, 5.41) is 25.0. The van der Waals surface area contributed by atoms with Crippen LogP contribution in [-0.2, 0) is 33.9 Å². The van der Waals surface area contributed by atoms with Crippen LogP contribution in [-0.4, -0.2) is 67.5 Å². The van der Waals surface area contributed by atoms with E-state index >= 15 is 0 Å². The van der Waals surface area contributed by atoms with Crippen molar-refractivity contribution in [3.63, 3.8) is 0 Å². The molecule has 4 heterocycles. The summed E-state index contributed by atoms with van der Waals surface area (Å²) in [5.74, 6) is -0.621. The molecule has 3 aliphatic rings. The molecule has 12 nitrogen and oxygen atoms in total. The van der Waals surface area contributed by atoms with Crippen molar-refractivity contribution in [3.8, 4) is 0 Å². The van der Waals surface area contributed by atoms with Crippen LogP contribution < -0.4 is 10.2 Å². The maximum absolute atomic E-state index is 14.8. The first-order valence-corrected chi connectivity index (χ1v) is 16.4. The fourth-order valence-electron chi connectivity index (χ4n) is 6.77. The molecule has 0 bridgehead atoms. The van der Waals surface area contributed by atoms with Crippen LogP contribution in [0, 0.1) is 5.82 Å². The second-order valence-corrected chi connectivity index (χ2v) is 12.9. The maximum Gasteiger partial charge on any atom is 0.335 e. The van der Waals surface area contributed by atoms with E-state index in [0.29, 0.717) is 30.8 Å². The number of halogens is 2. The minimum atomic E-state index is -1.09. The first-order chi connectivity index (χ1) is 23.6. The summed E-state index contributed by atoms with van der Waals surface area (Å²) in [4.78, 5) is 48.9. The minimum absolute atomic E-state index is 0.00267. The van der Waals surface area contributed by atoms with Crippen molar-refractivity contribution in [1.29, 1.82) is 0 Å². The SMILES string of the molecule is CC(C)c1nnc2n1CCN(c1cccc3c1CCN(C(=O)[C@H]1CC(c4cccc(Cl)c4F)=NO1)[C@@H]3C(=O)Nc1ccc(C(=O)O)cc1)C2. The van der Waals surface area contributed by atoms with Gasteiger partial charge in [0.15, 0.2) is 11.6 Å². The van der Waals surface area contributed by atoms with Gasteiger partial charge in [0.25, 0.3) is 11.8 Å². The zero-order valence-corrected chi connectivity index (χ0v) is 27.5. The standard InChI is InChI=1S/C35H33ClFN7O5/c1-19(2)32-40-39-29-18-42(15-16-43(29)32)27-8-4-5-23-22(27)13-14-44(31(23)33(45)38-21-11-9-20(10-12-21)35(47)48)34(46)28-17-26(41-49-28)24-6-3-7-25(36)30(24)37/h3-12,19,28,31H,13-18H2,1-2H3,(H,38,45)(H,47,48)/t28-,31+/m1/s1. The molecule has 0 spiro atoms. The first-order valence-electron chi connectivity index (χ1n) is 16.0. The van der Waals surface area contributed by atoms with Gasteiger partial charge in [0, 0.05) is 48.9 Å². The Kier molecular flexibility index (Phi) is 8.53. The Morgan fingerprint density at radius 1 is 1.02 bits per heavy atom. The van der Waals surface area contributed by atoms with Gasteiger partial charge in [-0.3, -0.25) is 9.59 Å². The van der Waals surface area contributed by atoms with Gasteiger partial charge in [0.2, 0.25) is 6.10 Å². The molecule has 0 saturated carbocycles. The third-order valence-electron chi connectivity index (χ3n) is 9.17. The van der Waals surface area contributed by atoms with E-state index < -0.39 is 35.7 Å². The minimum Gasteiger partial charge on any atom is -0.478 e. The van der Waals surface area contributed by atoms with E-state index in [4.69, 9.17) is 16.4 Å². The quantitative estimate of drug-likeness (QED) is 0.271. The van der Waals surface area contributed by atoms with Crippen LogP contribution >= 0.6 is 11.6 Å². The molecule has 7 rings (SSSR count). The Bertz CT molecular complexity index is 2000. The number of carbonyl (C=O) groups excluding carboxylic acids is 2. The number of aromatic carboxylic acids is 1. The second kappa shape index (κ2) is 13.0. The Balaban J connectivity index is 1.19. The number of amides is 2. The van der Waals surface area contributed by atoms with Crippen LogP contribution in [0.4, 0.5) is 15.8 Å². The van der Waals surface area contributed by atoms with Gasteiger partial charge >= 0.3 is 5.97 Å². The van der Waals surface area contributed by atoms with Crippen molar-refractivity contribution in [1.82, 2.24) is 19.7 Å². The summed E-state index contributed by atoms with van der Waals surface area (Å²) < 4.78 is 17.0. The van der Waals surface area contributed by atoms with Crippen molar-refractivity contribution in [2.75, 3.05) is 23.3 Å². The number of nitrogens with one attached hydrogen (secondary N) is 1. The highest BCUT2D eigenvalue weighted by Gasteiger charge is 2.42. The molecular formula is C35H33ClFN7O5. The summed E-state index contributed by atoms with van der Waals surface area (Å²) in [6.07, 6.45) is -0.609. The van der Waals surface area contributed by atoms with Crippen LogP contribution in [0.1, 0.15) is 70.9 Å². The van der Waals surface area contributed by atoms with E-state index in [-0.39, 0.29) is 40.7 Å². The number of rotatable bonds is 7. The largest absolute Gasteiger partial charge is 0.478 e. The molecule has 0 fully saturated rings. The molecule has 4 aromatic rings. The van der Waals surface area contributed by atoms with Crippen LogP contribution in [0.15, 0.2) is 65.8 Å². The van der Waals surface area contributed by atoms with Gasteiger partial charge in [-0.25, -0.2) is 9.18 Å². The number of anilines is 2. The molecular weight excluding hydrogens is 653 g/mol. The number of carboxylic acid groups (broad SMARTS) is 1. The highest BCUT2D eigenvalue weighted by Crippen LogP contribution is 2.39. The Morgan fingerprint density at radius 2 is 1.80 bits per heavy atom. The lowest BCUT2D eigenvalue weighted by Crippen LogP contribution is -2.49. The Hall–Kier alpha value is -5.30. The number of nitrogens with zero attached hydrogens (tertiary/aromatic N) is 6. The molecule has 3 aliphatic heterocycles. The van der Waals surface area contributed by atoms with Crippen molar-refractivity contribution in [2.45, 2.75) is 57.8 Å². The average Bonchev–Trinajstić information content (AvgIpc) is 3.76. The fraction of sp³-hybridized carbons (Fsp3) is 0.314. The van der Waals surface area contributed by atoms with E-state index in [1.165, 1.54) is 41.3 Å². The number of oxime groups is 1. The van der Waals surface area contributed by atoms with Crippen molar-refractivity contribution >= 4 is 46.5 Å². The summed E-state index contributed by atoms with van der Waals surface area (Å²) in [6.45, 7) is 6.37. The van der Waals surface area contributed by atoms with Crippen LogP contribution in [0.5, 0.6) is 0 Å². The van der Waals surface area contributed by atoms with Gasteiger partial charge in [-0.15, -0.1) is 10.2 Å².